The third-order valence-corrected chi connectivity index (χ3v) is 7.44. The van der Waals surface area contributed by atoms with Gasteiger partial charge in [-0.05, 0) is 31.9 Å². The standard InChI is InChI=1S/C26H36N6O/c1-3-21(20-9-5-4-6-10-20)25(33)32-14-11-23-22(19-32)24(30-17-15-29(2)16-18-30)28-26(27-23)31-12-7-8-13-31/h4-6,9-10,21H,3,7-8,11-19H2,1-2H3. The van der Waals surface area contributed by atoms with Crippen molar-refractivity contribution in [2.45, 2.75) is 45.1 Å². The monoisotopic (exact) mass is 448 g/mol. The molecule has 0 bridgehead atoms. The quantitative estimate of drug-likeness (QED) is 0.701. The van der Waals surface area contributed by atoms with E-state index in [-0.39, 0.29) is 11.8 Å². The average molecular weight is 449 g/mol. The summed E-state index contributed by atoms with van der Waals surface area (Å²) in [6.45, 7) is 9.53. The van der Waals surface area contributed by atoms with E-state index in [9.17, 15) is 4.79 Å². The molecule has 0 spiro atoms. The van der Waals surface area contributed by atoms with Crippen molar-refractivity contribution in [2.24, 2.45) is 0 Å². The molecule has 176 valence electrons. The third-order valence-electron chi connectivity index (χ3n) is 7.44. The molecule has 2 aromatic rings. The summed E-state index contributed by atoms with van der Waals surface area (Å²) in [5.41, 5.74) is 3.40. The highest BCUT2D eigenvalue weighted by atomic mass is 16.2. The number of anilines is 2. The van der Waals surface area contributed by atoms with E-state index in [0.29, 0.717) is 6.54 Å². The van der Waals surface area contributed by atoms with Gasteiger partial charge in [0, 0.05) is 57.8 Å². The number of carbonyl (C=O) groups excluding carboxylic acids is 1. The van der Waals surface area contributed by atoms with Crippen LogP contribution in [0.5, 0.6) is 0 Å². The first-order valence-electron chi connectivity index (χ1n) is 12.6. The molecular formula is C26H36N6O. The van der Waals surface area contributed by atoms with E-state index >= 15 is 0 Å². The zero-order chi connectivity index (χ0) is 22.8. The number of rotatable bonds is 5. The van der Waals surface area contributed by atoms with Crippen LogP contribution in [0.3, 0.4) is 0 Å². The number of carbonyl (C=O) groups is 1. The molecular weight excluding hydrogens is 412 g/mol. The van der Waals surface area contributed by atoms with Gasteiger partial charge in [0.25, 0.3) is 0 Å². The Labute approximate surface area is 197 Å². The second-order valence-electron chi connectivity index (χ2n) is 9.64. The summed E-state index contributed by atoms with van der Waals surface area (Å²) in [4.78, 5) is 32.9. The molecule has 1 aromatic carbocycles. The van der Waals surface area contributed by atoms with E-state index in [1.165, 1.54) is 12.8 Å². The lowest BCUT2D eigenvalue weighted by Gasteiger charge is -2.38. The number of hydrogen-bond donors (Lipinski definition) is 0. The maximum Gasteiger partial charge on any atom is 0.230 e. The van der Waals surface area contributed by atoms with Crippen LogP contribution in [0.4, 0.5) is 11.8 Å². The average Bonchev–Trinajstić information content (AvgIpc) is 3.40. The van der Waals surface area contributed by atoms with Crippen LogP contribution in [0, 0.1) is 0 Å². The predicted molar refractivity (Wildman–Crippen MR) is 132 cm³/mol. The fourth-order valence-corrected chi connectivity index (χ4v) is 5.37. The Balaban J connectivity index is 1.45. The number of amides is 1. The number of hydrogen-bond acceptors (Lipinski definition) is 6. The maximum absolute atomic E-state index is 13.6. The highest BCUT2D eigenvalue weighted by molar-refractivity contribution is 5.84. The van der Waals surface area contributed by atoms with Gasteiger partial charge in [-0.2, -0.15) is 4.98 Å². The summed E-state index contributed by atoms with van der Waals surface area (Å²) in [6.07, 6.45) is 4.03. The molecule has 7 nitrogen and oxygen atoms in total. The zero-order valence-electron chi connectivity index (χ0n) is 20.0. The third kappa shape index (κ3) is 4.56. The smallest absolute Gasteiger partial charge is 0.230 e. The van der Waals surface area contributed by atoms with Gasteiger partial charge in [-0.25, -0.2) is 4.98 Å². The summed E-state index contributed by atoms with van der Waals surface area (Å²) in [5.74, 6) is 2.07. The van der Waals surface area contributed by atoms with Crippen LogP contribution in [0.2, 0.25) is 0 Å². The van der Waals surface area contributed by atoms with Gasteiger partial charge in [0.1, 0.15) is 5.82 Å². The second kappa shape index (κ2) is 9.67. The molecule has 1 unspecified atom stereocenters. The Bertz CT molecular complexity index is 966. The van der Waals surface area contributed by atoms with Crippen LogP contribution < -0.4 is 9.80 Å². The molecule has 3 aliphatic rings. The largest absolute Gasteiger partial charge is 0.354 e. The van der Waals surface area contributed by atoms with Gasteiger partial charge in [0.2, 0.25) is 11.9 Å². The molecule has 1 aromatic heterocycles. The van der Waals surface area contributed by atoms with Crippen molar-refractivity contribution >= 4 is 17.7 Å². The molecule has 3 aliphatic heterocycles. The van der Waals surface area contributed by atoms with Gasteiger partial charge in [-0.15, -0.1) is 0 Å². The first kappa shape index (κ1) is 22.1. The van der Waals surface area contributed by atoms with Gasteiger partial charge < -0.3 is 19.6 Å². The molecule has 2 fully saturated rings. The zero-order valence-corrected chi connectivity index (χ0v) is 20.0. The molecule has 0 radical (unpaired) electrons. The SMILES string of the molecule is CCC(C(=O)N1CCc2nc(N3CCCC3)nc(N3CCN(C)CC3)c2C1)c1ccccc1. The van der Waals surface area contributed by atoms with Gasteiger partial charge in [-0.1, -0.05) is 37.3 Å². The second-order valence-corrected chi connectivity index (χ2v) is 9.64. The number of likely N-dealkylation sites (N-methyl/N-ethyl adjacent to an activating group) is 1. The number of nitrogens with zero attached hydrogens (tertiary/aromatic N) is 6. The predicted octanol–water partition coefficient (Wildman–Crippen LogP) is 2.91. The van der Waals surface area contributed by atoms with E-state index in [1.54, 1.807) is 0 Å². The van der Waals surface area contributed by atoms with Gasteiger partial charge in [0.05, 0.1) is 18.2 Å². The Hall–Kier alpha value is -2.67. The van der Waals surface area contributed by atoms with Crippen LogP contribution in [0.25, 0.3) is 0 Å². The first-order chi connectivity index (χ1) is 16.1. The Morgan fingerprint density at radius 2 is 1.67 bits per heavy atom. The lowest BCUT2D eigenvalue weighted by Crippen LogP contribution is -2.46. The topological polar surface area (TPSA) is 55.8 Å². The van der Waals surface area contributed by atoms with Crippen LogP contribution in [-0.4, -0.2) is 78.5 Å². The van der Waals surface area contributed by atoms with Gasteiger partial charge >= 0.3 is 0 Å². The molecule has 1 amide bonds. The van der Waals surface area contributed by atoms with E-state index in [4.69, 9.17) is 9.97 Å². The number of fused-ring (bicyclic) bond motifs is 1. The molecule has 0 aliphatic carbocycles. The highest BCUT2D eigenvalue weighted by Gasteiger charge is 2.32. The van der Waals surface area contributed by atoms with E-state index in [0.717, 1.165) is 87.2 Å². The Morgan fingerprint density at radius 1 is 0.939 bits per heavy atom. The Kier molecular flexibility index (Phi) is 6.49. The summed E-state index contributed by atoms with van der Waals surface area (Å²) in [6, 6.07) is 10.2. The summed E-state index contributed by atoms with van der Waals surface area (Å²) < 4.78 is 0. The van der Waals surface area contributed by atoms with E-state index in [2.05, 4.69) is 40.8 Å². The lowest BCUT2D eigenvalue weighted by molar-refractivity contribution is -0.133. The van der Waals surface area contributed by atoms with E-state index in [1.807, 2.05) is 23.1 Å². The van der Waals surface area contributed by atoms with Crippen molar-refractivity contribution in [2.75, 3.05) is 62.7 Å². The van der Waals surface area contributed by atoms with Gasteiger partial charge in [-0.3, -0.25) is 4.79 Å². The molecule has 33 heavy (non-hydrogen) atoms. The summed E-state index contributed by atoms with van der Waals surface area (Å²) in [7, 11) is 2.18. The summed E-state index contributed by atoms with van der Waals surface area (Å²) >= 11 is 0. The fourth-order valence-electron chi connectivity index (χ4n) is 5.37. The van der Waals surface area contributed by atoms with Crippen molar-refractivity contribution in [1.29, 1.82) is 0 Å². The normalized spacial score (nSPS) is 20.1. The van der Waals surface area contributed by atoms with Crippen molar-refractivity contribution in [3.63, 3.8) is 0 Å². The lowest BCUT2D eigenvalue weighted by atomic mass is 9.93. The molecule has 7 heteroatoms. The summed E-state index contributed by atoms with van der Waals surface area (Å²) in [5, 5.41) is 0. The molecule has 5 rings (SSSR count). The Morgan fingerprint density at radius 3 is 2.36 bits per heavy atom. The van der Waals surface area contributed by atoms with Crippen LogP contribution in [0.1, 0.15) is 48.9 Å². The number of piperazine rings is 1. The van der Waals surface area contributed by atoms with Gasteiger partial charge in [0.15, 0.2) is 0 Å². The number of aromatic nitrogens is 2. The van der Waals surface area contributed by atoms with Crippen molar-refractivity contribution < 1.29 is 4.79 Å². The van der Waals surface area contributed by atoms with E-state index < -0.39 is 0 Å². The van der Waals surface area contributed by atoms with Crippen molar-refractivity contribution in [3.8, 4) is 0 Å². The molecule has 1 atom stereocenters. The minimum Gasteiger partial charge on any atom is -0.354 e. The van der Waals surface area contributed by atoms with Crippen LogP contribution in [0.15, 0.2) is 30.3 Å². The van der Waals surface area contributed by atoms with Crippen molar-refractivity contribution in [3.05, 3.63) is 47.2 Å². The first-order valence-corrected chi connectivity index (χ1v) is 12.6. The molecule has 4 heterocycles. The molecule has 0 saturated carbocycles. The highest BCUT2D eigenvalue weighted by Crippen LogP contribution is 2.32. The van der Waals surface area contributed by atoms with Crippen LogP contribution >= 0.6 is 0 Å². The van der Waals surface area contributed by atoms with Crippen molar-refractivity contribution in [1.82, 2.24) is 19.8 Å². The fraction of sp³-hybridized carbons (Fsp3) is 0.577. The number of benzene rings is 1. The maximum atomic E-state index is 13.6. The van der Waals surface area contributed by atoms with Crippen LogP contribution in [-0.2, 0) is 17.8 Å². The minimum atomic E-state index is -0.0929. The minimum absolute atomic E-state index is 0.0929. The molecule has 2 saturated heterocycles. The molecule has 0 N–H and O–H groups in total.